The van der Waals surface area contributed by atoms with E-state index in [1.807, 2.05) is 22.6 Å². The van der Waals surface area contributed by atoms with Gasteiger partial charge >= 0.3 is 0 Å². The van der Waals surface area contributed by atoms with Gasteiger partial charge in [0, 0.05) is 23.5 Å². The van der Waals surface area contributed by atoms with Gasteiger partial charge in [-0.3, -0.25) is 4.40 Å². The van der Waals surface area contributed by atoms with Crippen LogP contribution in [0, 0.1) is 5.92 Å². The zero-order valence-electron chi connectivity index (χ0n) is 17.0. The van der Waals surface area contributed by atoms with Crippen molar-refractivity contribution in [2.45, 2.75) is 26.4 Å². The van der Waals surface area contributed by atoms with Crippen LogP contribution in [0.2, 0.25) is 0 Å². The number of aliphatic hydroxyl groups excluding tert-OH is 1. The molecule has 6 nitrogen and oxygen atoms in total. The van der Waals surface area contributed by atoms with Gasteiger partial charge in [-0.25, -0.2) is 0 Å². The number of nitrogens with one attached hydrogen (secondary N) is 1. The lowest BCUT2D eigenvalue weighted by Gasteiger charge is -2.21. The van der Waals surface area contributed by atoms with E-state index < -0.39 is 0 Å². The number of aliphatic hydroxyl groups is 1. The van der Waals surface area contributed by atoms with E-state index in [2.05, 4.69) is 59.7 Å². The van der Waals surface area contributed by atoms with E-state index in [4.69, 9.17) is 4.74 Å². The van der Waals surface area contributed by atoms with Crippen molar-refractivity contribution in [2.24, 2.45) is 5.92 Å². The third-order valence-electron chi connectivity index (χ3n) is 5.45. The minimum Gasteiger partial charge on any atom is -0.496 e. The Morgan fingerprint density at radius 3 is 2.72 bits per heavy atom. The summed E-state index contributed by atoms with van der Waals surface area (Å²) in [5.74, 6) is 1.17. The molecule has 2 aromatic carbocycles. The number of hydrogen-bond acceptors (Lipinski definition) is 5. The molecule has 4 rings (SSSR count). The molecule has 2 aromatic heterocycles. The van der Waals surface area contributed by atoms with Crippen LogP contribution in [0.1, 0.15) is 19.4 Å². The lowest BCUT2D eigenvalue weighted by molar-refractivity contribution is 0.209. The van der Waals surface area contributed by atoms with Crippen LogP contribution in [0.25, 0.3) is 27.7 Å². The number of pyridine rings is 1. The molecule has 29 heavy (non-hydrogen) atoms. The van der Waals surface area contributed by atoms with Crippen LogP contribution in [-0.2, 0) is 6.54 Å². The molecular weight excluding hydrogens is 364 g/mol. The van der Waals surface area contributed by atoms with E-state index in [9.17, 15) is 5.11 Å². The molecule has 2 N–H and O–H groups in total. The summed E-state index contributed by atoms with van der Waals surface area (Å²) in [7, 11) is 1.68. The van der Waals surface area contributed by atoms with Crippen LogP contribution in [0.3, 0.4) is 0 Å². The van der Waals surface area contributed by atoms with E-state index in [0.717, 1.165) is 39.0 Å². The van der Waals surface area contributed by atoms with Crippen molar-refractivity contribution in [1.29, 1.82) is 0 Å². The van der Waals surface area contributed by atoms with Crippen molar-refractivity contribution in [3.8, 4) is 16.9 Å². The van der Waals surface area contributed by atoms with Gasteiger partial charge in [-0.1, -0.05) is 38.1 Å². The largest absolute Gasteiger partial charge is 0.496 e. The topological polar surface area (TPSA) is 71.7 Å². The first-order valence-electron chi connectivity index (χ1n) is 9.85. The summed E-state index contributed by atoms with van der Waals surface area (Å²) in [6, 6.07) is 16.6. The predicted molar refractivity (Wildman–Crippen MR) is 115 cm³/mol. The third kappa shape index (κ3) is 3.69. The zero-order chi connectivity index (χ0) is 20.4. The quantitative estimate of drug-likeness (QED) is 0.504. The normalized spacial score (nSPS) is 12.7. The molecule has 1 atom stereocenters. The average Bonchev–Trinajstić information content (AvgIpc) is 3.22. The predicted octanol–water partition coefficient (Wildman–Crippen LogP) is 3.66. The second-order valence-corrected chi connectivity index (χ2v) is 7.57. The molecule has 0 fully saturated rings. The fourth-order valence-electron chi connectivity index (χ4n) is 3.72. The first-order chi connectivity index (χ1) is 14.1. The van der Waals surface area contributed by atoms with E-state index >= 15 is 0 Å². The Bertz CT molecular complexity index is 1140. The number of benzene rings is 2. The van der Waals surface area contributed by atoms with Crippen molar-refractivity contribution in [3.05, 3.63) is 60.4 Å². The minimum absolute atomic E-state index is 0.0385. The maximum atomic E-state index is 9.62. The summed E-state index contributed by atoms with van der Waals surface area (Å²) in [4.78, 5) is 0. The van der Waals surface area contributed by atoms with E-state index in [0.29, 0.717) is 12.5 Å². The molecule has 0 saturated carbocycles. The van der Waals surface area contributed by atoms with Gasteiger partial charge in [-0.2, -0.15) is 0 Å². The fraction of sp³-hybridized carbons (Fsp3) is 0.304. The van der Waals surface area contributed by atoms with Crippen LogP contribution in [-0.4, -0.2) is 39.5 Å². The van der Waals surface area contributed by atoms with Gasteiger partial charge < -0.3 is 15.2 Å². The molecule has 1 unspecified atom stereocenters. The number of fused-ring (bicyclic) bond motifs is 3. The molecule has 0 amide bonds. The van der Waals surface area contributed by atoms with Gasteiger partial charge in [0.15, 0.2) is 5.65 Å². The Labute approximate surface area is 170 Å². The first kappa shape index (κ1) is 19.4. The maximum Gasteiger partial charge on any atom is 0.161 e. The van der Waals surface area contributed by atoms with Crippen molar-refractivity contribution < 1.29 is 9.84 Å². The number of rotatable bonds is 7. The van der Waals surface area contributed by atoms with Crippen LogP contribution >= 0.6 is 0 Å². The first-order valence-corrected chi connectivity index (χ1v) is 9.85. The number of nitrogens with zero attached hydrogens (tertiary/aromatic N) is 3. The highest BCUT2D eigenvalue weighted by atomic mass is 16.5. The van der Waals surface area contributed by atoms with Crippen molar-refractivity contribution in [3.63, 3.8) is 0 Å². The fourth-order valence-corrected chi connectivity index (χ4v) is 3.72. The highest BCUT2D eigenvalue weighted by molar-refractivity contribution is 5.97. The Hall–Kier alpha value is -2.96. The lowest BCUT2D eigenvalue weighted by Crippen LogP contribution is -2.36. The highest BCUT2D eigenvalue weighted by Gasteiger charge is 2.15. The number of hydrogen-bond donors (Lipinski definition) is 2. The number of methoxy groups -OCH3 is 1. The van der Waals surface area contributed by atoms with Gasteiger partial charge in [0.25, 0.3) is 0 Å². The van der Waals surface area contributed by atoms with Crippen molar-refractivity contribution in [1.82, 2.24) is 19.9 Å². The Morgan fingerprint density at radius 2 is 1.97 bits per heavy atom. The number of para-hydroxylation sites is 1. The molecule has 0 aliphatic carbocycles. The van der Waals surface area contributed by atoms with Crippen molar-refractivity contribution in [2.75, 3.05) is 13.7 Å². The van der Waals surface area contributed by atoms with Crippen LogP contribution in [0.5, 0.6) is 5.75 Å². The Morgan fingerprint density at radius 1 is 1.14 bits per heavy atom. The number of ether oxygens (including phenoxy) is 1. The van der Waals surface area contributed by atoms with E-state index in [1.54, 1.807) is 13.4 Å². The summed E-state index contributed by atoms with van der Waals surface area (Å²) < 4.78 is 7.58. The molecule has 2 heterocycles. The molecule has 0 aliphatic heterocycles. The van der Waals surface area contributed by atoms with Crippen LogP contribution in [0.4, 0.5) is 0 Å². The zero-order valence-corrected chi connectivity index (χ0v) is 17.0. The average molecular weight is 390 g/mol. The molecular formula is C23H26N4O2. The molecule has 150 valence electrons. The second-order valence-electron chi connectivity index (χ2n) is 7.57. The smallest absolute Gasteiger partial charge is 0.161 e. The monoisotopic (exact) mass is 390 g/mol. The third-order valence-corrected chi connectivity index (χ3v) is 5.45. The van der Waals surface area contributed by atoms with Crippen molar-refractivity contribution >= 4 is 16.6 Å². The molecule has 4 aromatic rings. The molecule has 0 bridgehead atoms. The van der Waals surface area contributed by atoms with Crippen LogP contribution < -0.4 is 10.1 Å². The molecule has 0 radical (unpaired) electrons. The second kappa shape index (κ2) is 8.19. The summed E-state index contributed by atoms with van der Waals surface area (Å²) in [6.07, 6.45) is 1.74. The van der Waals surface area contributed by atoms with E-state index in [-0.39, 0.29) is 12.6 Å². The Kier molecular flexibility index (Phi) is 5.47. The van der Waals surface area contributed by atoms with E-state index in [1.165, 1.54) is 0 Å². The molecule has 6 heteroatoms. The van der Waals surface area contributed by atoms with Gasteiger partial charge in [0.05, 0.1) is 19.2 Å². The molecule has 0 saturated heterocycles. The summed E-state index contributed by atoms with van der Waals surface area (Å²) in [5, 5.41) is 22.5. The number of aromatic nitrogens is 3. The van der Waals surface area contributed by atoms with Crippen LogP contribution in [0.15, 0.2) is 54.9 Å². The van der Waals surface area contributed by atoms with Gasteiger partial charge in [0.1, 0.15) is 12.1 Å². The SMILES string of the molecule is COc1ccc(-c2cc3nncn3c3ccccc23)cc1CNC(CO)C(C)C. The summed E-state index contributed by atoms with van der Waals surface area (Å²) in [6.45, 7) is 4.92. The summed E-state index contributed by atoms with van der Waals surface area (Å²) >= 11 is 0. The maximum absolute atomic E-state index is 9.62. The van der Waals surface area contributed by atoms with Gasteiger partial charge in [-0.05, 0) is 41.3 Å². The summed E-state index contributed by atoms with van der Waals surface area (Å²) in [5.41, 5.74) is 5.13. The molecule has 0 aliphatic rings. The standard InChI is InChI=1S/C23H26N4O2/c1-15(2)20(13-28)24-12-17-10-16(8-9-22(17)29-3)19-11-23-26-25-14-27(23)21-7-5-4-6-18(19)21/h4-11,14-15,20,24,28H,12-13H2,1-3H3. The minimum atomic E-state index is 0.0385. The molecule has 0 spiro atoms. The highest BCUT2D eigenvalue weighted by Crippen LogP contribution is 2.33. The van der Waals surface area contributed by atoms with Gasteiger partial charge in [0.2, 0.25) is 0 Å². The van der Waals surface area contributed by atoms with Gasteiger partial charge in [-0.15, -0.1) is 10.2 Å². The Balaban J connectivity index is 1.79. The lowest BCUT2D eigenvalue weighted by atomic mass is 9.98.